The Balaban J connectivity index is 1.71. The number of imidazole rings is 1. The zero-order valence-corrected chi connectivity index (χ0v) is 14.0. The third-order valence-corrected chi connectivity index (χ3v) is 4.23. The van der Waals surface area contributed by atoms with Gasteiger partial charge in [0.05, 0.1) is 24.6 Å². The summed E-state index contributed by atoms with van der Waals surface area (Å²) >= 11 is 5.98. The molecule has 9 heteroatoms. The van der Waals surface area contributed by atoms with Crippen molar-refractivity contribution in [3.05, 3.63) is 64.1 Å². The molecule has 0 spiro atoms. The maximum absolute atomic E-state index is 12.3. The predicted molar refractivity (Wildman–Crippen MR) is 95.0 cm³/mol. The highest BCUT2D eigenvalue weighted by molar-refractivity contribution is 6.29. The fourth-order valence-electron chi connectivity index (χ4n) is 2.51. The average molecular weight is 356 g/mol. The summed E-state index contributed by atoms with van der Waals surface area (Å²) in [5.41, 5.74) is 1.06. The highest BCUT2D eigenvalue weighted by Gasteiger charge is 2.12. The van der Waals surface area contributed by atoms with E-state index in [-0.39, 0.29) is 5.56 Å². The molecule has 8 nitrogen and oxygen atoms in total. The second-order valence-corrected chi connectivity index (χ2v) is 5.84. The number of hydrogen-bond acceptors (Lipinski definition) is 5. The minimum absolute atomic E-state index is 0.257. The molecule has 3 aromatic heterocycles. The third kappa shape index (κ3) is 2.76. The molecule has 0 aliphatic carbocycles. The number of H-pyrrole nitrogens is 1. The van der Waals surface area contributed by atoms with E-state index in [1.54, 1.807) is 15.4 Å². The average Bonchev–Trinajstić information content (AvgIpc) is 3.19. The Morgan fingerprint density at radius 3 is 2.76 bits per heavy atom. The molecular formula is C16H14ClN7O. The van der Waals surface area contributed by atoms with Crippen molar-refractivity contribution in [2.24, 2.45) is 7.05 Å². The number of nitrogens with one attached hydrogen (secondary N) is 2. The Kier molecular flexibility index (Phi) is 3.73. The van der Waals surface area contributed by atoms with E-state index < -0.39 is 0 Å². The first kappa shape index (κ1) is 15.4. The first-order valence-electron chi connectivity index (χ1n) is 7.57. The number of fused-ring (bicyclic) bond motifs is 1. The number of hydrogen-bond donors (Lipinski definition) is 2. The van der Waals surface area contributed by atoms with Crippen LogP contribution in [0.3, 0.4) is 0 Å². The van der Waals surface area contributed by atoms with Crippen molar-refractivity contribution in [2.75, 3.05) is 5.32 Å². The second kappa shape index (κ2) is 6.06. The van der Waals surface area contributed by atoms with Gasteiger partial charge in [-0.05, 0) is 12.1 Å². The molecule has 0 aliphatic heterocycles. The van der Waals surface area contributed by atoms with Gasteiger partial charge in [0.25, 0.3) is 5.56 Å². The van der Waals surface area contributed by atoms with E-state index in [0.29, 0.717) is 28.7 Å². The summed E-state index contributed by atoms with van der Waals surface area (Å²) in [5, 5.41) is 8.31. The standard InChI is InChI=1S/C16H14ClN7O/c1-23-12(17)8-18-13(23)9-19-16-21-14-11(15(25)22-16)7-20-24(14)10-5-3-2-4-6-10/h2-8H,9H2,1H3,(H2,19,21,22,25). The molecule has 3 heterocycles. The number of para-hydroxylation sites is 1. The molecule has 4 rings (SSSR count). The van der Waals surface area contributed by atoms with Crippen LogP contribution in [0.25, 0.3) is 16.7 Å². The molecule has 0 amide bonds. The molecule has 0 atom stereocenters. The van der Waals surface area contributed by atoms with E-state index in [4.69, 9.17) is 11.6 Å². The number of benzene rings is 1. The highest BCUT2D eigenvalue weighted by atomic mass is 35.5. The van der Waals surface area contributed by atoms with Crippen molar-refractivity contribution in [3.8, 4) is 5.69 Å². The van der Waals surface area contributed by atoms with Crippen LogP contribution >= 0.6 is 11.6 Å². The Bertz CT molecular complexity index is 1100. The number of anilines is 1. The van der Waals surface area contributed by atoms with Crippen LogP contribution in [-0.4, -0.2) is 29.3 Å². The lowest BCUT2D eigenvalue weighted by molar-refractivity contribution is 0.808. The first-order chi connectivity index (χ1) is 12.1. The van der Waals surface area contributed by atoms with Gasteiger partial charge in [-0.15, -0.1) is 0 Å². The van der Waals surface area contributed by atoms with Gasteiger partial charge in [0.15, 0.2) is 5.65 Å². The maximum Gasteiger partial charge on any atom is 0.263 e. The summed E-state index contributed by atoms with van der Waals surface area (Å²) in [6.07, 6.45) is 3.08. The van der Waals surface area contributed by atoms with Gasteiger partial charge in [-0.2, -0.15) is 10.1 Å². The summed E-state index contributed by atoms with van der Waals surface area (Å²) in [5.74, 6) is 1.07. The number of nitrogens with zero attached hydrogens (tertiary/aromatic N) is 5. The molecule has 1 aromatic carbocycles. The smallest absolute Gasteiger partial charge is 0.263 e. The minimum atomic E-state index is -0.257. The lowest BCUT2D eigenvalue weighted by Gasteiger charge is -2.07. The summed E-state index contributed by atoms with van der Waals surface area (Å²) < 4.78 is 3.38. The van der Waals surface area contributed by atoms with Gasteiger partial charge >= 0.3 is 0 Å². The molecule has 0 radical (unpaired) electrons. The molecule has 25 heavy (non-hydrogen) atoms. The fourth-order valence-corrected chi connectivity index (χ4v) is 2.66. The molecule has 2 N–H and O–H groups in total. The second-order valence-electron chi connectivity index (χ2n) is 5.45. The van der Waals surface area contributed by atoms with Crippen LogP contribution < -0.4 is 10.9 Å². The molecule has 0 saturated carbocycles. The highest BCUT2D eigenvalue weighted by Crippen LogP contribution is 2.15. The number of aromatic nitrogens is 6. The summed E-state index contributed by atoms with van der Waals surface area (Å²) in [6, 6.07) is 9.52. The molecule has 0 saturated heterocycles. The molecule has 0 aliphatic rings. The van der Waals surface area contributed by atoms with E-state index in [9.17, 15) is 4.79 Å². The summed E-state index contributed by atoms with van der Waals surface area (Å²) in [6.45, 7) is 0.372. The maximum atomic E-state index is 12.3. The Morgan fingerprint density at radius 2 is 2.04 bits per heavy atom. The van der Waals surface area contributed by atoms with Crippen molar-refractivity contribution in [1.29, 1.82) is 0 Å². The van der Waals surface area contributed by atoms with Crippen molar-refractivity contribution in [3.63, 3.8) is 0 Å². The zero-order chi connectivity index (χ0) is 17.4. The number of rotatable bonds is 4. The minimum Gasteiger partial charge on any atom is -0.348 e. The Morgan fingerprint density at radius 1 is 1.24 bits per heavy atom. The van der Waals surface area contributed by atoms with Crippen molar-refractivity contribution in [1.82, 2.24) is 29.3 Å². The van der Waals surface area contributed by atoms with Crippen LogP contribution in [0.4, 0.5) is 5.95 Å². The topological polar surface area (TPSA) is 93.4 Å². The van der Waals surface area contributed by atoms with Gasteiger partial charge in [0, 0.05) is 7.05 Å². The zero-order valence-electron chi connectivity index (χ0n) is 13.3. The van der Waals surface area contributed by atoms with Crippen LogP contribution in [0.2, 0.25) is 5.15 Å². The van der Waals surface area contributed by atoms with Crippen LogP contribution in [0.1, 0.15) is 5.82 Å². The molecular weight excluding hydrogens is 342 g/mol. The molecule has 4 aromatic rings. The van der Waals surface area contributed by atoms with Crippen LogP contribution in [0.5, 0.6) is 0 Å². The van der Waals surface area contributed by atoms with Gasteiger partial charge in [-0.1, -0.05) is 29.8 Å². The fraction of sp³-hybridized carbons (Fsp3) is 0.125. The van der Waals surface area contributed by atoms with Gasteiger partial charge in [0.1, 0.15) is 16.4 Å². The number of aromatic amines is 1. The van der Waals surface area contributed by atoms with E-state index in [0.717, 1.165) is 11.5 Å². The van der Waals surface area contributed by atoms with Gasteiger partial charge < -0.3 is 9.88 Å². The van der Waals surface area contributed by atoms with Gasteiger partial charge in [-0.3, -0.25) is 9.78 Å². The Labute approximate surface area is 147 Å². The summed E-state index contributed by atoms with van der Waals surface area (Å²) in [4.78, 5) is 23.7. The van der Waals surface area contributed by atoms with Crippen LogP contribution in [-0.2, 0) is 13.6 Å². The van der Waals surface area contributed by atoms with Crippen molar-refractivity contribution >= 4 is 28.6 Å². The number of halogens is 1. The molecule has 0 fully saturated rings. The predicted octanol–water partition coefficient (Wildman–Crippen LogP) is 2.11. The van der Waals surface area contributed by atoms with Gasteiger partial charge in [-0.25, -0.2) is 9.67 Å². The quantitative estimate of drug-likeness (QED) is 0.584. The normalized spacial score (nSPS) is 11.1. The molecule has 0 bridgehead atoms. The van der Waals surface area contributed by atoms with Crippen LogP contribution in [0.15, 0.2) is 47.5 Å². The lowest BCUT2D eigenvalue weighted by atomic mass is 10.3. The SMILES string of the molecule is Cn1c(Cl)cnc1CNc1nc2c(cnn2-c2ccccc2)c(=O)[nH]1. The van der Waals surface area contributed by atoms with E-state index in [1.165, 1.54) is 6.20 Å². The largest absolute Gasteiger partial charge is 0.348 e. The van der Waals surface area contributed by atoms with Gasteiger partial charge in [0.2, 0.25) is 5.95 Å². The van der Waals surface area contributed by atoms with Crippen molar-refractivity contribution in [2.45, 2.75) is 6.54 Å². The van der Waals surface area contributed by atoms with Crippen LogP contribution in [0, 0.1) is 0 Å². The summed E-state index contributed by atoms with van der Waals surface area (Å²) in [7, 11) is 1.82. The molecule has 0 unspecified atom stereocenters. The lowest BCUT2D eigenvalue weighted by Crippen LogP contribution is -2.15. The third-order valence-electron chi connectivity index (χ3n) is 3.88. The van der Waals surface area contributed by atoms with E-state index in [2.05, 4.69) is 25.4 Å². The molecule has 126 valence electrons. The van der Waals surface area contributed by atoms with E-state index in [1.807, 2.05) is 37.4 Å². The van der Waals surface area contributed by atoms with Crippen molar-refractivity contribution < 1.29 is 0 Å². The first-order valence-corrected chi connectivity index (χ1v) is 7.95. The van der Waals surface area contributed by atoms with E-state index >= 15 is 0 Å². The monoisotopic (exact) mass is 355 g/mol. The Hall–Kier alpha value is -3.13.